The van der Waals surface area contributed by atoms with E-state index in [1.807, 2.05) is 20.8 Å². The third-order valence-corrected chi connectivity index (χ3v) is 4.03. The predicted octanol–water partition coefficient (Wildman–Crippen LogP) is 1.13. The van der Waals surface area contributed by atoms with Gasteiger partial charge in [0.15, 0.2) is 0 Å². The smallest absolute Gasteiger partial charge is 0.250 e. The van der Waals surface area contributed by atoms with Crippen LogP contribution in [0.1, 0.15) is 31.1 Å². The van der Waals surface area contributed by atoms with Gasteiger partial charge in [0.1, 0.15) is 5.92 Å². The van der Waals surface area contributed by atoms with E-state index in [9.17, 15) is 14.4 Å². The number of rotatable bonds is 3. The number of benzene rings is 1. The molecule has 1 heterocycles. The Bertz CT molecular complexity index is 619. The van der Waals surface area contributed by atoms with Gasteiger partial charge >= 0.3 is 0 Å². The van der Waals surface area contributed by atoms with Crippen molar-refractivity contribution in [2.24, 2.45) is 23.0 Å². The average molecular weight is 303 g/mol. The fraction of sp³-hybridized carbons (Fsp3) is 0.438. The number of para-hydroxylation sites is 1. The van der Waals surface area contributed by atoms with Crippen molar-refractivity contribution in [3.05, 3.63) is 29.8 Å². The van der Waals surface area contributed by atoms with E-state index in [1.165, 1.54) is 6.07 Å². The van der Waals surface area contributed by atoms with Gasteiger partial charge in [-0.1, -0.05) is 32.9 Å². The molecule has 1 fully saturated rings. The Morgan fingerprint density at radius 3 is 2.50 bits per heavy atom. The minimum atomic E-state index is -0.777. The van der Waals surface area contributed by atoms with Gasteiger partial charge in [-0.2, -0.15) is 0 Å². The molecule has 4 N–H and O–H groups in total. The zero-order chi connectivity index (χ0) is 16.5. The molecule has 6 nitrogen and oxygen atoms in total. The number of amides is 3. The van der Waals surface area contributed by atoms with Gasteiger partial charge in [-0.15, -0.1) is 0 Å². The molecule has 2 rings (SSSR count). The van der Waals surface area contributed by atoms with Crippen LogP contribution in [0.15, 0.2) is 24.3 Å². The fourth-order valence-electron chi connectivity index (χ4n) is 2.75. The SMILES string of the molecule is CC(C)(C)C1CNC(=O)C1C(=O)Nc1ccccc1C(N)=O. The molecule has 3 amide bonds. The normalized spacial score (nSPS) is 21.3. The standard InChI is InChI=1S/C16H21N3O3/c1-16(2,3)10-8-18-14(21)12(10)15(22)19-11-7-5-4-6-9(11)13(17)20/h4-7,10,12H,8H2,1-3H3,(H2,17,20)(H,18,21)(H,19,22). The maximum atomic E-state index is 12.5. The van der Waals surface area contributed by atoms with Gasteiger partial charge in [0.05, 0.1) is 11.3 Å². The minimum absolute atomic E-state index is 0.110. The highest BCUT2D eigenvalue weighted by atomic mass is 16.2. The van der Waals surface area contributed by atoms with Crippen molar-refractivity contribution in [3.63, 3.8) is 0 Å². The summed E-state index contributed by atoms with van der Waals surface area (Å²) in [4.78, 5) is 36.0. The molecule has 22 heavy (non-hydrogen) atoms. The highest BCUT2D eigenvalue weighted by Crippen LogP contribution is 2.35. The molecule has 0 spiro atoms. The lowest BCUT2D eigenvalue weighted by molar-refractivity contribution is -0.132. The molecule has 2 atom stereocenters. The van der Waals surface area contributed by atoms with E-state index in [4.69, 9.17) is 5.73 Å². The van der Waals surface area contributed by atoms with Crippen LogP contribution in [0.25, 0.3) is 0 Å². The molecule has 1 aromatic carbocycles. The number of nitrogens with one attached hydrogen (secondary N) is 2. The number of hydrogen-bond acceptors (Lipinski definition) is 3. The molecule has 1 aliphatic heterocycles. The van der Waals surface area contributed by atoms with E-state index < -0.39 is 17.7 Å². The zero-order valence-corrected chi connectivity index (χ0v) is 13.0. The zero-order valence-electron chi connectivity index (χ0n) is 13.0. The minimum Gasteiger partial charge on any atom is -0.366 e. The van der Waals surface area contributed by atoms with Crippen molar-refractivity contribution < 1.29 is 14.4 Å². The van der Waals surface area contributed by atoms with Gasteiger partial charge in [-0.3, -0.25) is 14.4 Å². The van der Waals surface area contributed by atoms with Crippen LogP contribution in [0.2, 0.25) is 0 Å². The molecule has 0 aliphatic carbocycles. The van der Waals surface area contributed by atoms with E-state index in [1.54, 1.807) is 18.2 Å². The Morgan fingerprint density at radius 2 is 1.91 bits per heavy atom. The van der Waals surface area contributed by atoms with Gasteiger partial charge in [0, 0.05) is 12.5 Å². The van der Waals surface area contributed by atoms with E-state index in [2.05, 4.69) is 10.6 Å². The largest absolute Gasteiger partial charge is 0.366 e. The summed E-state index contributed by atoms with van der Waals surface area (Å²) in [5, 5.41) is 5.40. The van der Waals surface area contributed by atoms with Crippen molar-refractivity contribution >= 4 is 23.4 Å². The van der Waals surface area contributed by atoms with Crippen molar-refractivity contribution in [3.8, 4) is 0 Å². The molecule has 0 saturated carbocycles. The first kappa shape index (κ1) is 16.0. The third kappa shape index (κ3) is 3.10. The predicted molar refractivity (Wildman–Crippen MR) is 83.0 cm³/mol. The van der Waals surface area contributed by atoms with Crippen LogP contribution in [0, 0.1) is 17.3 Å². The molecule has 2 unspecified atom stereocenters. The van der Waals surface area contributed by atoms with Gasteiger partial charge in [-0.25, -0.2) is 0 Å². The summed E-state index contributed by atoms with van der Waals surface area (Å²) in [6.45, 7) is 6.46. The van der Waals surface area contributed by atoms with Crippen LogP contribution in [0.5, 0.6) is 0 Å². The number of hydrogen-bond donors (Lipinski definition) is 3. The average Bonchev–Trinajstić information content (AvgIpc) is 2.81. The number of carbonyl (C=O) groups is 3. The van der Waals surface area contributed by atoms with Gasteiger partial charge in [0.25, 0.3) is 5.91 Å². The first-order valence-electron chi connectivity index (χ1n) is 7.19. The van der Waals surface area contributed by atoms with Crippen LogP contribution in [-0.2, 0) is 9.59 Å². The summed E-state index contributed by atoms with van der Waals surface area (Å²) in [5.41, 5.74) is 5.66. The molecule has 1 aromatic rings. The maximum Gasteiger partial charge on any atom is 0.250 e. The highest BCUT2D eigenvalue weighted by Gasteiger charge is 2.45. The molecular weight excluding hydrogens is 282 g/mol. The van der Waals surface area contributed by atoms with Crippen molar-refractivity contribution in [2.75, 3.05) is 11.9 Å². The first-order valence-corrected chi connectivity index (χ1v) is 7.19. The number of anilines is 1. The van der Waals surface area contributed by atoms with Crippen LogP contribution >= 0.6 is 0 Å². The summed E-state index contributed by atoms with van der Waals surface area (Å²) >= 11 is 0. The van der Waals surface area contributed by atoms with E-state index in [0.29, 0.717) is 12.2 Å². The summed E-state index contributed by atoms with van der Waals surface area (Å²) in [6.07, 6.45) is 0. The number of carbonyl (C=O) groups excluding carboxylic acids is 3. The van der Waals surface area contributed by atoms with Gasteiger partial charge in [-0.05, 0) is 17.5 Å². The van der Waals surface area contributed by atoms with Gasteiger partial charge in [0.2, 0.25) is 11.8 Å². The molecule has 6 heteroatoms. The topological polar surface area (TPSA) is 101 Å². The fourth-order valence-corrected chi connectivity index (χ4v) is 2.75. The lowest BCUT2D eigenvalue weighted by atomic mass is 9.74. The second kappa shape index (κ2) is 5.79. The highest BCUT2D eigenvalue weighted by molar-refractivity contribution is 6.10. The van der Waals surface area contributed by atoms with Crippen molar-refractivity contribution in [1.29, 1.82) is 0 Å². The summed E-state index contributed by atoms with van der Waals surface area (Å²) in [6, 6.07) is 6.48. The lowest BCUT2D eigenvalue weighted by Crippen LogP contribution is -2.37. The first-order chi connectivity index (χ1) is 10.2. The third-order valence-electron chi connectivity index (χ3n) is 4.03. The Morgan fingerprint density at radius 1 is 1.27 bits per heavy atom. The number of primary amides is 1. The van der Waals surface area contributed by atoms with E-state index in [0.717, 1.165) is 0 Å². The van der Waals surface area contributed by atoms with E-state index >= 15 is 0 Å². The summed E-state index contributed by atoms with van der Waals surface area (Å²) in [5.74, 6) is -2.21. The Balaban J connectivity index is 2.25. The van der Waals surface area contributed by atoms with Crippen molar-refractivity contribution in [2.45, 2.75) is 20.8 Å². The summed E-state index contributed by atoms with van der Waals surface area (Å²) in [7, 11) is 0. The summed E-state index contributed by atoms with van der Waals surface area (Å²) < 4.78 is 0. The van der Waals surface area contributed by atoms with Crippen molar-refractivity contribution in [1.82, 2.24) is 5.32 Å². The van der Waals surface area contributed by atoms with Gasteiger partial charge < -0.3 is 16.4 Å². The Labute approximate surface area is 129 Å². The second-order valence-corrected chi connectivity index (χ2v) is 6.59. The molecule has 118 valence electrons. The van der Waals surface area contributed by atoms with Crippen LogP contribution in [-0.4, -0.2) is 24.3 Å². The molecule has 1 saturated heterocycles. The lowest BCUT2D eigenvalue weighted by Gasteiger charge is -2.29. The molecule has 0 bridgehead atoms. The maximum absolute atomic E-state index is 12.5. The molecule has 0 aromatic heterocycles. The molecule has 1 aliphatic rings. The Hall–Kier alpha value is -2.37. The number of nitrogens with two attached hydrogens (primary N) is 1. The van der Waals surface area contributed by atoms with E-state index in [-0.39, 0.29) is 22.8 Å². The monoisotopic (exact) mass is 303 g/mol. The van der Waals surface area contributed by atoms with Crippen LogP contribution < -0.4 is 16.4 Å². The second-order valence-electron chi connectivity index (χ2n) is 6.59. The molecular formula is C16H21N3O3. The van der Waals surface area contributed by atoms with Crippen LogP contribution in [0.4, 0.5) is 5.69 Å². The Kier molecular flexibility index (Phi) is 4.21. The quantitative estimate of drug-likeness (QED) is 0.730. The van der Waals surface area contributed by atoms with Crippen LogP contribution in [0.3, 0.4) is 0 Å². The molecule has 0 radical (unpaired) electrons.